The van der Waals surface area contributed by atoms with Crippen LogP contribution in [0.15, 0.2) is 4.99 Å². The van der Waals surface area contributed by atoms with Crippen LogP contribution in [0.2, 0.25) is 0 Å². The van der Waals surface area contributed by atoms with Gasteiger partial charge in [0.2, 0.25) is 17.7 Å². The van der Waals surface area contributed by atoms with E-state index in [1.807, 2.05) is 0 Å². The van der Waals surface area contributed by atoms with Gasteiger partial charge < -0.3 is 43.4 Å². The van der Waals surface area contributed by atoms with Crippen LogP contribution >= 0.6 is 11.8 Å². The summed E-state index contributed by atoms with van der Waals surface area (Å²) in [6.07, 6.45) is 1.74. The topological polar surface area (TPSA) is 252 Å². The first-order valence-corrected chi connectivity index (χ1v) is 11.4. The van der Waals surface area contributed by atoms with Crippen LogP contribution in [-0.2, 0) is 24.0 Å². The van der Waals surface area contributed by atoms with Gasteiger partial charge in [0, 0.05) is 6.54 Å². The second-order valence-electron chi connectivity index (χ2n) is 7.13. The molecule has 3 amide bonds. The molecular weight excluding hydrogens is 458 g/mol. The van der Waals surface area contributed by atoms with Crippen molar-refractivity contribution in [1.82, 2.24) is 16.0 Å². The molecule has 0 aromatic rings. The first-order valence-electron chi connectivity index (χ1n) is 10.0. The molecule has 11 N–H and O–H groups in total. The average Bonchev–Trinajstić information content (AvgIpc) is 2.71. The van der Waals surface area contributed by atoms with Gasteiger partial charge in [-0.15, -0.1) is 0 Å². The van der Waals surface area contributed by atoms with E-state index < -0.39 is 60.2 Å². The Kier molecular flexibility index (Phi) is 14.2. The molecule has 33 heavy (non-hydrogen) atoms. The number of nitrogens with one attached hydrogen (secondary N) is 3. The summed E-state index contributed by atoms with van der Waals surface area (Å²) in [6.45, 7) is 1.44. The van der Waals surface area contributed by atoms with Crippen molar-refractivity contribution in [3.05, 3.63) is 0 Å². The van der Waals surface area contributed by atoms with E-state index >= 15 is 0 Å². The van der Waals surface area contributed by atoms with Gasteiger partial charge in [-0.3, -0.25) is 29.0 Å². The molecule has 0 bridgehead atoms. The highest BCUT2D eigenvalue weighted by atomic mass is 32.2. The molecule has 0 aliphatic carbocycles. The van der Waals surface area contributed by atoms with Crippen LogP contribution < -0.4 is 33.2 Å². The number of thioether (sulfide) groups is 1. The number of nitrogens with zero attached hydrogens (tertiary/aromatic N) is 1. The van der Waals surface area contributed by atoms with Gasteiger partial charge in [0.15, 0.2) is 5.96 Å². The van der Waals surface area contributed by atoms with Gasteiger partial charge in [0.1, 0.15) is 18.1 Å². The molecule has 0 radical (unpaired) electrons. The molecule has 0 saturated heterocycles. The van der Waals surface area contributed by atoms with Crippen molar-refractivity contribution in [1.29, 1.82) is 0 Å². The van der Waals surface area contributed by atoms with Crippen molar-refractivity contribution in [3.8, 4) is 0 Å². The highest BCUT2D eigenvalue weighted by molar-refractivity contribution is 7.98. The molecule has 0 aromatic heterocycles. The van der Waals surface area contributed by atoms with Crippen LogP contribution in [0.5, 0.6) is 0 Å². The third-order valence-electron chi connectivity index (χ3n) is 4.28. The predicted octanol–water partition coefficient (Wildman–Crippen LogP) is -2.85. The molecule has 0 aromatic carbocycles. The Morgan fingerprint density at radius 2 is 1.48 bits per heavy atom. The van der Waals surface area contributed by atoms with E-state index in [0.717, 1.165) is 0 Å². The second kappa shape index (κ2) is 15.7. The Hall–Kier alpha value is -3.07. The Bertz CT molecular complexity index is 731. The summed E-state index contributed by atoms with van der Waals surface area (Å²) in [5.74, 6) is -4.46. The van der Waals surface area contributed by atoms with Crippen LogP contribution in [0, 0.1) is 0 Å². The van der Waals surface area contributed by atoms with Crippen LogP contribution in [0.25, 0.3) is 0 Å². The normalized spacial score (nSPS) is 14.2. The molecule has 0 saturated carbocycles. The van der Waals surface area contributed by atoms with Crippen molar-refractivity contribution in [3.63, 3.8) is 0 Å². The number of amides is 3. The minimum Gasteiger partial charge on any atom is -0.481 e. The molecule has 0 heterocycles. The van der Waals surface area contributed by atoms with Crippen LogP contribution in [0.1, 0.15) is 32.6 Å². The van der Waals surface area contributed by atoms with Gasteiger partial charge in [0.25, 0.3) is 0 Å². The third kappa shape index (κ3) is 13.2. The van der Waals surface area contributed by atoms with E-state index in [1.54, 1.807) is 6.26 Å². The monoisotopic (exact) mass is 491 g/mol. The fourth-order valence-corrected chi connectivity index (χ4v) is 2.96. The van der Waals surface area contributed by atoms with Gasteiger partial charge in [-0.2, -0.15) is 11.8 Å². The summed E-state index contributed by atoms with van der Waals surface area (Å²) in [5, 5.41) is 25.0. The van der Waals surface area contributed by atoms with E-state index in [-0.39, 0.29) is 25.3 Å². The van der Waals surface area contributed by atoms with Gasteiger partial charge in [-0.1, -0.05) is 0 Å². The maximum Gasteiger partial charge on any atom is 0.325 e. The Morgan fingerprint density at radius 3 is 2.00 bits per heavy atom. The SMILES string of the molecule is CSCCC(NC(=O)C(N)CC(=O)O)C(=O)NC(CCCN=C(N)N)C(=O)NC(C)C(=O)O. The summed E-state index contributed by atoms with van der Waals surface area (Å²) in [6, 6.07) is -4.78. The van der Waals surface area contributed by atoms with Crippen molar-refractivity contribution in [2.75, 3.05) is 18.6 Å². The Morgan fingerprint density at radius 1 is 0.939 bits per heavy atom. The lowest BCUT2D eigenvalue weighted by Crippen LogP contribution is -2.57. The summed E-state index contributed by atoms with van der Waals surface area (Å²) in [7, 11) is 0. The summed E-state index contributed by atoms with van der Waals surface area (Å²) < 4.78 is 0. The highest BCUT2D eigenvalue weighted by Gasteiger charge is 2.29. The fourth-order valence-electron chi connectivity index (χ4n) is 2.48. The summed E-state index contributed by atoms with van der Waals surface area (Å²) in [4.78, 5) is 63.2. The molecular formula is C18H33N7O7S. The Balaban J connectivity index is 5.40. The average molecular weight is 492 g/mol. The van der Waals surface area contributed by atoms with E-state index in [9.17, 15) is 24.0 Å². The zero-order chi connectivity index (χ0) is 25.6. The molecule has 0 fully saturated rings. The van der Waals surface area contributed by atoms with E-state index in [0.29, 0.717) is 12.2 Å². The number of carbonyl (C=O) groups is 5. The number of carboxylic acids is 2. The minimum absolute atomic E-state index is 0.0857. The lowest BCUT2D eigenvalue weighted by molar-refractivity contribution is -0.141. The van der Waals surface area contributed by atoms with Crippen LogP contribution in [0.4, 0.5) is 0 Å². The van der Waals surface area contributed by atoms with Gasteiger partial charge >= 0.3 is 11.9 Å². The second-order valence-corrected chi connectivity index (χ2v) is 8.11. The fraction of sp³-hybridized carbons (Fsp3) is 0.667. The zero-order valence-electron chi connectivity index (χ0n) is 18.6. The number of nitrogens with two attached hydrogens (primary N) is 3. The number of guanidine groups is 1. The third-order valence-corrected chi connectivity index (χ3v) is 4.93. The zero-order valence-corrected chi connectivity index (χ0v) is 19.4. The van der Waals surface area contributed by atoms with Gasteiger partial charge in [-0.05, 0) is 38.2 Å². The number of aliphatic imine (C=N–C) groups is 1. The Labute approximate surface area is 195 Å². The molecule has 4 atom stereocenters. The van der Waals surface area contributed by atoms with E-state index in [4.69, 9.17) is 27.4 Å². The number of carboxylic acid groups (broad SMARTS) is 2. The van der Waals surface area contributed by atoms with Gasteiger partial charge in [-0.25, -0.2) is 0 Å². The first kappa shape index (κ1) is 29.9. The first-order chi connectivity index (χ1) is 15.4. The summed E-state index contributed by atoms with van der Waals surface area (Å²) in [5.41, 5.74) is 16.1. The lowest BCUT2D eigenvalue weighted by atomic mass is 10.1. The number of rotatable bonds is 16. The maximum atomic E-state index is 12.8. The number of hydrogen-bond acceptors (Lipinski definition) is 8. The van der Waals surface area contributed by atoms with E-state index in [1.165, 1.54) is 18.7 Å². The highest BCUT2D eigenvalue weighted by Crippen LogP contribution is 2.05. The quantitative estimate of drug-likeness (QED) is 0.0619. The van der Waals surface area contributed by atoms with Crippen molar-refractivity contribution < 1.29 is 34.2 Å². The van der Waals surface area contributed by atoms with Crippen molar-refractivity contribution in [2.45, 2.75) is 56.8 Å². The molecule has 0 rings (SSSR count). The molecule has 4 unspecified atom stereocenters. The number of hydrogen-bond donors (Lipinski definition) is 8. The predicted molar refractivity (Wildman–Crippen MR) is 122 cm³/mol. The molecule has 0 spiro atoms. The summed E-state index contributed by atoms with van der Waals surface area (Å²) >= 11 is 1.41. The maximum absolute atomic E-state index is 12.8. The largest absolute Gasteiger partial charge is 0.481 e. The molecule has 0 aliphatic rings. The molecule has 14 nitrogen and oxygen atoms in total. The lowest BCUT2D eigenvalue weighted by Gasteiger charge is -2.24. The van der Waals surface area contributed by atoms with Crippen LogP contribution in [-0.4, -0.2) is 88.6 Å². The van der Waals surface area contributed by atoms with Crippen molar-refractivity contribution in [2.24, 2.45) is 22.2 Å². The smallest absolute Gasteiger partial charge is 0.325 e. The molecule has 15 heteroatoms. The number of carbonyl (C=O) groups excluding carboxylic acids is 3. The van der Waals surface area contributed by atoms with Crippen molar-refractivity contribution >= 4 is 47.4 Å². The molecule has 188 valence electrons. The molecule has 0 aliphatic heterocycles. The standard InChI is InChI=1S/C18H33N7O7S/c1-9(17(31)32)23-15(29)11(4-3-6-22-18(20)21)25-16(30)12(5-7-33-2)24-14(28)10(19)8-13(26)27/h9-12H,3-8,19H2,1-2H3,(H,23,29)(H,24,28)(H,25,30)(H,26,27)(H,31,32)(H4,20,21,22). The van der Waals surface area contributed by atoms with Gasteiger partial charge in [0.05, 0.1) is 12.5 Å². The minimum atomic E-state index is -1.36. The van der Waals surface area contributed by atoms with E-state index in [2.05, 4.69) is 20.9 Å². The number of aliphatic carboxylic acids is 2. The van der Waals surface area contributed by atoms with Crippen LogP contribution in [0.3, 0.4) is 0 Å².